The summed E-state index contributed by atoms with van der Waals surface area (Å²) in [6.45, 7) is 4.87. The lowest BCUT2D eigenvalue weighted by atomic mass is 9.77. The number of nitrogens with one attached hydrogen (secondary N) is 1. The summed E-state index contributed by atoms with van der Waals surface area (Å²) in [5, 5.41) is 2.97. The molecule has 1 aliphatic carbocycles. The third kappa shape index (κ3) is 2.91. The van der Waals surface area contributed by atoms with Crippen LogP contribution in [0.25, 0.3) is 0 Å². The van der Waals surface area contributed by atoms with Gasteiger partial charge in [0, 0.05) is 12.5 Å². The molecule has 98 valence electrons. The number of fused-ring (bicyclic) bond motifs is 1. The molecule has 3 N–H and O–H groups in total. The second kappa shape index (κ2) is 5.53. The van der Waals surface area contributed by atoms with Crippen LogP contribution in [0.5, 0.6) is 0 Å². The Bertz CT molecular complexity index is 428. The summed E-state index contributed by atoms with van der Waals surface area (Å²) in [5.41, 5.74) is 8.62. The highest BCUT2D eigenvalue weighted by Crippen LogP contribution is 2.33. The molecular formula is C15H22N2O. The molecule has 0 saturated heterocycles. The van der Waals surface area contributed by atoms with E-state index in [0.29, 0.717) is 18.4 Å². The molecular weight excluding hydrogens is 224 g/mol. The van der Waals surface area contributed by atoms with Gasteiger partial charge in [-0.25, -0.2) is 0 Å². The van der Waals surface area contributed by atoms with Gasteiger partial charge in [0.15, 0.2) is 0 Å². The third-order valence-electron chi connectivity index (χ3n) is 3.55. The largest absolute Gasteiger partial charge is 0.354 e. The summed E-state index contributed by atoms with van der Waals surface area (Å²) >= 11 is 0. The number of benzene rings is 1. The highest BCUT2D eigenvalue weighted by atomic mass is 16.2. The van der Waals surface area contributed by atoms with Gasteiger partial charge in [0.1, 0.15) is 0 Å². The molecule has 1 aromatic rings. The van der Waals surface area contributed by atoms with Gasteiger partial charge < -0.3 is 11.1 Å². The van der Waals surface area contributed by atoms with Crippen molar-refractivity contribution in [1.29, 1.82) is 0 Å². The molecule has 0 saturated carbocycles. The number of carbonyl (C=O) groups excluding carboxylic acids is 1. The molecule has 3 nitrogen and oxygen atoms in total. The lowest BCUT2D eigenvalue weighted by Crippen LogP contribution is -2.43. The molecule has 1 aliphatic rings. The lowest BCUT2D eigenvalue weighted by Gasteiger charge is -2.30. The maximum atomic E-state index is 11.8. The zero-order valence-electron chi connectivity index (χ0n) is 11.1. The van der Waals surface area contributed by atoms with Gasteiger partial charge in [0.2, 0.25) is 5.91 Å². The molecule has 0 aliphatic heterocycles. The first kappa shape index (κ1) is 13.1. The number of rotatable bonds is 5. The van der Waals surface area contributed by atoms with Crippen LogP contribution in [0.3, 0.4) is 0 Å². The average molecular weight is 246 g/mol. The molecule has 18 heavy (non-hydrogen) atoms. The van der Waals surface area contributed by atoms with Crippen LogP contribution in [0.1, 0.15) is 37.3 Å². The van der Waals surface area contributed by atoms with E-state index in [-0.39, 0.29) is 11.9 Å². The van der Waals surface area contributed by atoms with E-state index in [1.54, 1.807) is 0 Å². The Morgan fingerprint density at radius 3 is 2.83 bits per heavy atom. The van der Waals surface area contributed by atoms with Gasteiger partial charge in [-0.2, -0.15) is 0 Å². The van der Waals surface area contributed by atoms with Gasteiger partial charge in [-0.1, -0.05) is 38.1 Å². The van der Waals surface area contributed by atoms with E-state index in [1.807, 2.05) is 0 Å². The number of hydrogen-bond acceptors (Lipinski definition) is 2. The monoisotopic (exact) mass is 246 g/mol. The van der Waals surface area contributed by atoms with Crippen molar-refractivity contribution in [1.82, 2.24) is 5.32 Å². The van der Waals surface area contributed by atoms with Crippen molar-refractivity contribution in [3.05, 3.63) is 35.4 Å². The van der Waals surface area contributed by atoms with Gasteiger partial charge in [0.25, 0.3) is 0 Å². The van der Waals surface area contributed by atoms with Gasteiger partial charge in [-0.3, -0.25) is 4.79 Å². The van der Waals surface area contributed by atoms with Crippen LogP contribution in [0.15, 0.2) is 24.3 Å². The predicted octanol–water partition coefficient (Wildman–Crippen LogP) is 1.82. The summed E-state index contributed by atoms with van der Waals surface area (Å²) in [6.07, 6.45) is 1.81. The predicted molar refractivity (Wildman–Crippen MR) is 73.3 cm³/mol. The normalized spacial score (nSPS) is 19.0. The van der Waals surface area contributed by atoms with Crippen LogP contribution in [-0.4, -0.2) is 18.5 Å². The Hall–Kier alpha value is -1.35. The SMILES string of the molecule is CC(C)C[C@H](N)C(=O)NCC1Cc2ccccc21. The van der Waals surface area contributed by atoms with Gasteiger partial charge in [-0.15, -0.1) is 0 Å². The number of amides is 1. The van der Waals surface area contributed by atoms with Crippen LogP contribution in [0, 0.1) is 5.92 Å². The Kier molecular flexibility index (Phi) is 4.02. The third-order valence-corrected chi connectivity index (χ3v) is 3.55. The van der Waals surface area contributed by atoms with E-state index >= 15 is 0 Å². The lowest BCUT2D eigenvalue weighted by molar-refractivity contribution is -0.122. The molecule has 1 unspecified atom stereocenters. The van der Waals surface area contributed by atoms with Crippen LogP contribution in [0.2, 0.25) is 0 Å². The zero-order valence-corrected chi connectivity index (χ0v) is 11.1. The Balaban J connectivity index is 1.78. The minimum atomic E-state index is -0.375. The van der Waals surface area contributed by atoms with Crippen molar-refractivity contribution in [3.63, 3.8) is 0 Å². The van der Waals surface area contributed by atoms with Crippen LogP contribution in [-0.2, 0) is 11.2 Å². The fourth-order valence-electron chi connectivity index (χ4n) is 2.51. The molecule has 0 heterocycles. The van der Waals surface area contributed by atoms with Crippen molar-refractivity contribution in [3.8, 4) is 0 Å². The quantitative estimate of drug-likeness (QED) is 0.832. The highest BCUT2D eigenvalue weighted by molar-refractivity contribution is 5.81. The summed E-state index contributed by atoms with van der Waals surface area (Å²) in [4.78, 5) is 11.8. The molecule has 1 amide bonds. The molecule has 0 bridgehead atoms. The molecule has 0 aromatic heterocycles. The standard InChI is InChI=1S/C15H22N2O/c1-10(2)7-14(16)15(18)17-9-12-8-11-5-3-4-6-13(11)12/h3-6,10,12,14H,7-9,16H2,1-2H3,(H,17,18)/t12?,14-/m0/s1. The smallest absolute Gasteiger partial charge is 0.236 e. The zero-order chi connectivity index (χ0) is 13.1. The molecule has 0 spiro atoms. The molecule has 2 rings (SSSR count). The van der Waals surface area contributed by atoms with Crippen molar-refractivity contribution in [2.75, 3.05) is 6.54 Å². The molecule has 0 radical (unpaired) electrons. The van der Waals surface area contributed by atoms with Crippen molar-refractivity contribution in [2.45, 2.75) is 38.6 Å². The van der Waals surface area contributed by atoms with Gasteiger partial charge >= 0.3 is 0 Å². The van der Waals surface area contributed by atoms with E-state index in [1.165, 1.54) is 11.1 Å². The fourth-order valence-corrected chi connectivity index (χ4v) is 2.51. The van der Waals surface area contributed by atoms with Crippen molar-refractivity contribution < 1.29 is 4.79 Å². The topological polar surface area (TPSA) is 55.1 Å². The summed E-state index contributed by atoms with van der Waals surface area (Å²) in [6, 6.07) is 8.03. The van der Waals surface area contributed by atoms with E-state index in [9.17, 15) is 4.79 Å². The summed E-state index contributed by atoms with van der Waals surface area (Å²) < 4.78 is 0. The maximum absolute atomic E-state index is 11.8. The van der Waals surface area contributed by atoms with E-state index in [4.69, 9.17) is 5.73 Å². The molecule has 1 aromatic carbocycles. The first-order valence-corrected chi connectivity index (χ1v) is 6.69. The van der Waals surface area contributed by atoms with Gasteiger partial charge in [-0.05, 0) is 29.9 Å². The first-order chi connectivity index (χ1) is 8.58. The van der Waals surface area contributed by atoms with Crippen molar-refractivity contribution >= 4 is 5.91 Å². The maximum Gasteiger partial charge on any atom is 0.236 e. The minimum absolute atomic E-state index is 0.0203. The van der Waals surface area contributed by atoms with Gasteiger partial charge in [0.05, 0.1) is 6.04 Å². The van der Waals surface area contributed by atoms with E-state index in [2.05, 4.69) is 43.4 Å². The van der Waals surface area contributed by atoms with Crippen LogP contribution in [0.4, 0.5) is 0 Å². The summed E-state index contributed by atoms with van der Waals surface area (Å²) in [7, 11) is 0. The molecule has 3 heteroatoms. The molecule has 0 fully saturated rings. The van der Waals surface area contributed by atoms with Crippen molar-refractivity contribution in [2.24, 2.45) is 11.7 Å². The number of carbonyl (C=O) groups is 1. The van der Waals surface area contributed by atoms with E-state index < -0.39 is 0 Å². The first-order valence-electron chi connectivity index (χ1n) is 6.69. The minimum Gasteiger partial charge on any atom is -0.354 e. The average Bonchev–Trinajstić information content (AvgIpc) is 2.29. The van der Waals surface area contributed by atoms with E-state index in [0.717, 1.165) is 12.8 Å². The number of hydrogen-bond donors (Lipinski definition) is 2. The highest BCUT2D eigenvalue weighted by Gasteiger charge is 2.26. The van der Waals surface area contributed by atoms with Crippen LogP contribution < -0.4 is 11.1 Å². The second-order valence-corrected chi connectivity index (χ2v) is 5.58. The Morgan fingerprint density at radius 1 is 1.44 bits per heavy atom. The number of nitrogens with two attached hydrogens (primary N) is 1. The van der Waals surface area contributed by atoms with Crippen LogP contribution >= 0.6 is 0 Å². The Morgan fingerprint density at radius 2 is 2.17 bits per heavy atom. The summed E-state index contributed by atoms with van der Waals surface area (Å²) in [5.74, 6) is 0.902. The second-order valence-electron chi connectivity index (χ2n) is 5.58. The Labute approximate surface area is 109 Å². The molecule has 2 atom stereocenters. The fraction of sp³-hybridized carbons (Fsp3) is 0.533.